The van der Waals surface area contributed by atoms with Crippen molar-refractivity contribution in [2.24, 2.45) is 10.9 Å². The number of likely N-dealkylation sites (N-methyl/N-ethyl adjacent to an activating group) is 1. The molecule has 0 bridgehead atoms. The molecule has 1 aromatic rings. The van der Waals surface area contributed by atoms with E-state index in [1.54, 1.807) is 0 Å². The Bertz CT molecular complexity index is 450. The first-order valence-electron chi connectivity index (χ1n) is 6.65. The third-order valence-corrected chi connectivity index (χ3v) is 4.79. The molecule has 4 nitrogen and oxygen atoms in total. The second-order valence-corrected chi connectivity index (χ2v) is 5.84. The Hall–Kier alpha value is -1.20. The topological polar surface area (TPSA) is 61.8 Å². The molecule has 0 aromatic heterocycles. The Labute approximate surface area is 118 Å². The van der Waals surface area contributed by atoms with Crippen molar-refractivity contribution >= 4 is 17.6 Å². The highest BCUT2D eigenvalue weighted by atomic mass is 32.2. The molecule has 19 heavy (non-hydrogen) atoms. The Morgan fingerprint density at radius 1 is 1.53 bits per heavy atom. The maximum Gasteiger partial charge on any atom is 0.140 e. The van der Waals surface area contributed by atoms with Crippen LogP contribution >= 0.6 is 11.8 Å². The zero-order valence-corrected chi connectivity index (χ0v) is 12.1. The van der Waals surface area contributed by atoms with Gasteiger partial charge in [-0.1, -0.05) is 30.3 Å². The van der Waals surface area contributed by atoms with Crippen LogP contribution in [-0.4, -0.2) is 41.3 Å². The van der Waals surface area contributed by atoms with Gasteiger partial charge < -0.3 is 15.8 Å². The van der Waals surface area contributed by atoms with Crippen molar-refractivity contribution in [2.75, 3.05) is 25.4 Å². The molecule has 1 unspecified atom stereocenters. The van der Waals surface area contributed by atoms with Gasteiger partial charge in [-0.2, -0.15) is 0 Å². The van der Waals surface area contributed by atoms with Crippen LogP contribution < -0.4 is 5.73 Å². The monoisotopic (exact) mass is 279 g/mol. The fourth-order valence-corrected chi connectivity index (χ4v) is 3.64. The molecule has 1 aromatic carbocycles. The summed E-state index contributed by atoms with van der Waals surface area (Å²) in [6.45, 7) is 5.03. The average molecular weight is 279 g/mol. The van der Waals surface area contributed by atoms with Gasteiger partial charge >= 0.3 is 0 Å². The van der Waals surface area contributed by atoms with Crippen molar-refractivity contribution in [3.8, 4) is 0 Å². The van der Waals surface area contributed by atoms with Crippen molar-refractivity contribution in [1.82, 2.24) is 4.90 Å². The van der Waals surface area contributed by atoms with Gasteiger partial charge in [0, 0.05) is 36.1 Å². The number of rotatable bonds is 6. The number of hydrogen-bond acceptors (Lipinski definition) is 4. The van der Waals surface area contributed by atoms with E-state index in [0.717, 1.165) is 25.4 Å². The minimum absolute atomic E-state index is 0.305. The van der Waals surface area contributed by atoms with Crippen LogP contribution in [0.3, 0.4) is 0 Å². The number of fused-ring (bicyclic) bond motifs is 1. The molecule has 3 N–H and O–H groups in total. The fourth-order valence-electron chi connectivity index (χ4n) is 2.39. The number of amidine groups is 1. The lowest BCUT2D eigenvalue weighted by Gasteiger charge is -2.24. The molecule has 104 valence electrons. The number of oxime groups is 1. The van der Waals surface area contributed by atoms with Crippen LogP contribution in [0.4, 0.5) is 0 Å². The number of nitrogens with two attached hydrogens (primary N) is 1. The average Bonchev–Trinajstić information content (AvgIpc) is 2.86. The third kappa shape index (κ3) is 3.64. The van der Waals surface area contributed by atoms with Gasteiger partial charge in [0.05, 0.1) is 0 Å². The first kappa shape index (κ1) is 14.2. The molecule has 0 aliphatic carbocycles. The Morgan fingerprint density at radius 3 is 3.05 bits per heavy atom. The largest absolute Gasteiger partial charge is 0.409 e. The summed E-state index contributed by atoms with van der Waals surface area (Å²) < 4.78 is 0. The van der Waals surface area contributed by atoms with Crippen LogP contribution in [0.2, 0.25) is 0 Å². The lowest BCUT2D eigenvalue weighted by molar-refractivity contribution is 0.279. The van der Waals surface area contributed by atoms with Crippen LogP contribution in [0.15, 0.2) is 34.3 Å². The van der Waals surface area contributed by atoms with E-state index in [4.69, 9.17) is 10.9 Å². The summed E-state index contributed by atoms with van der Waals surface area (Å²) in [5.41, 5.74) is 7.00. The Balaban J connectivity index is 1.93. The maximum absolute atomic E-state index is 8.58. The van der Waals surface area contributed by atoms with Crippen LogP contribution in [0.5, 0.6) is 0 Å². The molecule has 5 heteroatoms. The lowest BCUT2D eigenvalue weighted by Crippen LogP contribution is -2.32. The van der Waals surface area contributed by atoms with E-state index < -0.39 is 0 Å². The molecule has 0 amide bonds. The van der Waals surface area contributed by atoms with Crippen molar-refractivity contribution in [1.29, 1.82) is 0 Å². The van der Waals surface area contributed by atoms with Crippen LogP contribution in [-0.2, 0) is 0 Å². The molecule has 0 radical (unpaired) electrons. The molecule has 0 spiro atoms. The number of thioether (sulfide) groups is 1. The minimum Gasteiger partial charge on any atom is -0.409 e. The van der Waals surface area contributed by atoms with E-state index in [1.807, 2.05) is 11.8 Å². The molecule has 1 aliphatic heterocycles. The van der Waals surface area contributed by atoms with Gasteiger partial charge in [-0.3, -0.25) is 0 Å². The van der Waals surface area contributed by atoms with E-state index in [9.17, 15) is 0 Å². The molecule has 1 atom stereocenters. The Morgan fingerprint density at radius 2 is 2.32 bits per heavy atom. The number of hydrogen-bond donors (Lipinski definition) is 2. The van der Waals surface area contributed by atoms with E-state index in [2.05, 4.69) is 41.2 Å². The smallest absolute Gasteiger partial charge is 0.140 e. The molecule has 1 aliphatic rings. The number of nitrogens with zero attached hydrogens (tertiary/aromatic N) is 2. The van der Waals surface area contributed by atoms with E-state index in [0.29, 0.717) is 18.2 Å². The molecular formula is C14H21N3OS. The van der Waals surface area contributed by atoms with Gasteiger partial charge in [0.2, 0.25) is 0 Å². The minimum atomic E-state index is 0.305. The summed E-state index contributed by atoms with van der Waals surface area (Å²) in [5.74, 6) is 2.05. The normalized spacial score (nSPS) is 18.8. The summed E-state index contributed by atoms with van der Waals surface area (Å²) in [4.78, 5) is 3.78. The van der Waals surface area contributed by atoms with Gasteiger partial charge in [-0.05, 0) is 18.2 Å². The molecule has 0 saturated heterocycles. The molecule has 1 heterocycles. The SMILES string of the molecule is CCN(CCC(N)=NO)CC1CSc2ccccc21. The summed E-state index contributed by atoms with van der Waals surface area (Å²) in [6, 6.07) is 8.65. The van der Waals surface area contributed by atoms with Gasteiger partial charge in [0.25, 0.3) is 0 Å². The van der Waals surface area contributed by atoms with E-state index >= 15 is 0 Å². The summed E-state index contributed by atoms with van der Waals surface area (Å²) in [5, 5.41) is 11.6. The highest BCUT2D eigenvalue weighted by molar-refractivity contribution is 7.99. The van der Waals surface area contributed by atoms with Gasteiger partial charge in [0.1, 0.15) is 5.84 Å². The van der Waals surface area contributed by atoms with Crippen molar-refractivity contribution < 1.29 is 5.21 Å². The molecule has 0 fully saturated rings. The first-order valence-corrected chi connectivity index (χ1v) is 7.63. The quantitative estimate of drug-likeness (QED) is 0.363. The maximum atomic E-state index is 8.58. The van der Waals surface area contributed by atoms with Gasteiger partial charge in [-0.25, -0.2) is 0 Å². The zero-order chi connectivity index (χ0) is 13.7. The lowest BCUT2D eigenvalue weighted by atomic mass is 10.0. The summed E-state index contributed by atoms with van der Waals surface area (Å²) in [6.07, 6.45) is 0.617. The van der Waals surface area contributed by atoms with Crippen LogP contribution in [0.25, 0.3) is 0 Å². The zero-order valence-electron chi connectivity index (χ0n) is 11.2. The van der Waals surface area contributed by atoms with Crippen LogP contribution in [0, 0.1) is 0 Å². The third-order valence-electron chi connectivity index (χ3n) is 3.54. The van der Waals surface area contributed by atoms with Gasteiger partial charge in [-0.15, -0.1) is 11.8 Å². The standard InChI is InChI=1S/C14H21N3OS/c1-2-17(8-7-14(15)16-18)9-11-10-19-13-6-4-3-5-12(11)13/h3-6,11,18H,2,7-10H2,1H3,(H2,15,16). The second kappa shape index (κ2) is 6.82. The van der Waals surface area contributed by atoms with E-state index in [-0.39, 0.29) is 0 Å². The summed E-state index contributed by atoms with van der Waals surface area (Å²) >= 11 is 1.94. The van der Waals surface area contributed by atoms with Crippen molar-refractivity contribution in [3.63, 3.8) is 0 Å². The second-order valence-electron chi connectivity index (χ2n) is 4.78. The van der Waals surface area contributed by atoms with Crippen molar-refractivity contribution in [3.05, 3.63) is 29.8 Å². The van der Waals surface area contributed by atoms with Crippen molar-refractivity contribution in [2.45, 2.75) is 24.2 Å². The highest BCUT2D eigenvalue weighted by Gasteiger charge is 2.24. The highest BCUT2D eigenvalue weighted by Crippen LogP contribution is 2.39. The predicted octanol–water partition coefficient (Wildman–Crippen LogP) is 2.33. The molecular weight excluding hydrogens is 258 g/mol. The summed E-state index contributed by atoms with van der Waals surface area (Å²) in [7, 11) is 0. The predicted molar refractivity (Wildman–Crippen MR) is 80.0 cm³/mol. The first-order chi connectivity index (χ1) is 9.24. The molecule has 2 rings (SSSR count). The Kier molecular flexibility index (Phi) is 5.10. The fraction of sp³-hybridized carbons (Fsp3) is 0.500. The van der Waals surface area contributed by atoms with Gasteiger partial charge in [0.15, 0.2) is 0 Å². The van der Waals surface area contributed by atoms with Crippen LogP contribution in [0.1, 0.15) is 24.8 Å². The number of benzene rings is 1. The molecule has 0 saturated carbocycles. The van der Waals surface area contributed by atoms with E-state index in [1.165, 1.54) is 10.5 Å².